The number of carbonyl (C=O) groups excluding carboxylic acids is 1. The zero-order valence-electron chi connectivity index (χ0n) is 12.0. The van der Waals surface area contributed by atoms with E-state index in [9.17, 15) is 13.2 Å². The average Bonchev–Trinajstić information content (AvgIpc) is 3.04. The summed E-state index contributed by atoms with van der Waals surface area (Å²) in [5.74, 6) is -0.705. The summed E-state index contributed by atoms with van der Waals surface area (Å²) in [5, 5.41) is 0.428. The summed E-state index contributed by atoms with van der Waals surface area (Å²) in [6.07, 6.45) is 1.44. The number of aromatic nitrogens is 2. The van der Waals surface area contributed by atoms with E-state index in [4.69, 9.17) is 16.3 Å². The smallest absolute Gasteiger partial charge is 0.357 e. The fourth-order valence-corrected chi connectivity index (χ4v) is 3.88. The van der Waals surface area contributed by atoms with Crippen molar-refractivity contribution in [3.8, 4) is 11.3 Å². The molecular formula is C15H13ClN2O4S. The van der Waals surface area contributed by atoms with Crippen molar-refractivity contribution in [1.82, 2.24) is 9.55 Å². The molecule has 0 saturated carbocycles. The molecule has 0 fully saturated rings. The molecule has 0 amide bonds. The molecule has 0 spiro atoms. The number of rotatable bonds is 4. The molecule has 120 valence electrons. The van der Waals surface area contributed by atoms with Gasteiger partial charge in [0.15, 0.2) is 5.69 Å². The van der Waals surface area contributed by atoms with Crippen LogP contribution in [0.25, 0.3) is 11.3 Å². The van der Waals surface area contributed by atoms with E-state index in [1.165, 1.54) is 10.6 Å². The summed E-state index contributed by atoms with van der Waals surface area (Å²) in [7, 11) is -3.48. The van der Waals surface area contributed by atoms with Crippen LogP contribution in [0, 0.1) is 0 Å². The third kappa shape index (κ3) is 2.77. The Kier molecular flexibility index (Phi) is 3.99. The predicted octanol–water partition coefficient (Wildman–Crippen LogP) is 2.33. The van der Waals surface area contributed by atoms with Crippen LogP contribution >= 0.6 is 11.6 Å². The van der Waals surface area contributed by atoms with Crippen LogP contribution in [-0.2, 0) is 21.1 Å². The highest BCUT2D eigenvalue weighted by atomic mass is 35.5. The van der Waals surface area contributed by atoms with Gasteiger partial charge in [0.05, 0.1) is 5.75 Å². The topological polar surface area (TPSA) is 78.3 Å². The number of esters is 1. The zero-order chi connectivity index (χ0) is 16.6. The van der Waals surface area contributed by atoms with Crippen LogP contribution in [0.1, 0.15) is 10.5 Å². The van der Waals surface area contributed by atoms with Gasteiger partial charge in [-0.25, -0.2) is 18.2 Å². The van der Waals surface area contributed by atoms with Gasteiger partial charge in [-0.1, -0.05) is 36.4 Å². The van der Waals surface area contributed by atoms with E-state index in [0.29, 0.717) is 10.6 Å². The Morgan fingerprint density at radius 1 is 1.39 bits per heavy atom. The molecule has 0 N–H and O–H groups in total. The van der Waals surface area contributed by atoms with Gasteiger partial charge in [0.2, 0.25) is 15.0 Å². The van der Waals surface area contributed by atoms with Crippen LogP contribution in [0.2, 0.25) is 5.02 Å². The van der Waals surface area contributed by atoms with Crippen LogP contribution in [0.3, 0.4) is 0 Å². The third-order valence-corrected chi connectivity index (χ3v) is 5.28. The number of hydrogen-bond donors (Lipinski definition) is 0. The molecular weight excluding hydrogens is 340 g/mol. The molecule has 0 unspecified atom stereocenters. The molecule has 0 atom stereocenters. The molecule has 3 rings (SSSR count). The van der Waals surface area contributed by atoms with Gasteiger partial charge in [0.1, 0.15) is 12.3 Å². The second-order valence-electron chi connectivity index (χ2n) is 4.96. The lowest BCUT2D eigenvalue weighted by atomic mass is 10.1. The molecule has 6 nitrogen and oxygen atoms in total. The van der Waals surface area contributed by atoms with Gasteiger partial charge in [-0.3, -0.25) is 0 Å². The second kappa shape index (κ2) is 5.82. The number of ether oxygens (including phenoxy) is 1. The Hall–Kier alpha value is -2.12. The lowest BCUT2D eigenvalue weighted by molar-refractivity contribution is 0.0537. The molecule has 0 bridgehead atoms. The van der Waals surface area contributed by atoms with Crippen molar-refractivity contribution in [2.45, 2.75) is 11.7 Å². The minimum atomic E-state index is -3.48. The van der Waals surface area contributed by atoms with E-state index in [0.717, 1.165) is 0 Å². The molecule has 0 aliphatic carbocycles. The summed E-state index contributed by atoms with van der Waals surface area (Å²) < 4.78 is 30.6. The number of carbonyl (C=O) groups is 1. The van der Waals surface area contributed by atoms with Crippen LogP contribution < -0.4 is 0 Å². The fraction of sp³-hybridized carbons (Fsp3) is 0.200. The van der Waals surface area contributed by atoms with Gasteiger partial charge >= 0.3 is 5.97 Å². The first-order chi connectivity index (χ1) is 10.9. The molecule has 1 aromatic carbocycles. The average molecular weight is 353 g/mol. The highest BCUT2D eigenvalue weighted by molar-refractivity contribution is 7.91. The molecule has 0 radical (unpaired) electrons. The number of fused-ring (bicyclic) bond motifs is 1. The first kappa shape index (κ1) is 15.8. The summed E-state index contributed by atoms with van der Waals surface area (Å²) in [4.78, 5) is 16.5. The number of imidazole rings is 1. The number of sulfone groups is 1. The van der Waals surface area contributed by atoms with Crippen LogP contribution in [-0.4, -0.2) is 36.3 Å². The van der Waals surface area contributed by atoms with Gasteiger partial charge in [-0.05, 0) is 12.1 Å². The first-order valence-electron chi connectivity index (χ1n) is 6.81. The summed E-state index contributed by atoms with van der Waals surface area (Å²) in [6.45, 7) is 3.70. The molecule has 1 aliphatic heterocycles. The third-order valence-electron chi connectivity index (χ3n) is 3.44. The maximum Gasteiger partial charge on any atom is 0.357 e. The standard InChI is InChI=1S/C15H13ClN2O4S/c1-2-8-22-14(19)13-12(10-3-5-11(16)6-4-10)17-15-18(13)7-9-23(15,20)21/h2-6H,1,7-9H2. The maximum absolute atomic E-state index is 12.3. The van der Waals surface area contributed by atoms with Crippen LogP contribution in [0.15, 0.2) is 42.1 Å². The van der Waals surface area contributed by atoms with Gasteiger partial charge in [0, 0.05) is 17.1 Å². The number of benzene rings is 1. The Labute approximate surface area is 138 Å². The lowest BCUT2D eigenvalue weighted by Gasteiger charge is -2.07. The van der Waals surface area contributed by atoms with E-state index in [-0.39, 0.29) is 35.4 Å². The monoisotopic (exact) mass is 352 g/mol. The molecule has 2 heterocycles. The zero-order valence-corrected chi connectivity index (χ0v) is 13.6. The first-order valence-corrected chi connectivity index (χ1v) is 8.84. The van der Waals surface area contributed by atoms with Gasteiger partial charge in [0.25, 0.3) is 0 Å². The highest BCUT2D eigenvalue weighted by Gasteiger charge is 2.36. The molecule has 8 heteroatoms. The summed E-state index contributed by atoms with van der Waals surface area (Å²) >= 11 is 5.87. The second-order valence-corrected chi connectivity index (χ2v) is 7.40. The van der Waals surface area contributed by atoms with Crippen molar-refractivity contribution < 1.29 is 17.9 Å². The van der Waals surface area contributed by atoms with Gasteiger partial charge in [-0.2, -0.15) is 0 Å². The van der Waals surface area contributed by atoms with Crippen molar-refractivity contribution in [2.75, 3.05) is 12.4 Å². The minimum Gasteiger partial charge on any atom is -0.457 e. The Morgan fingerprint density at radius 2 is 2.09 bits per heavy atom. The van der Waals surface area contributed by atoms with Crippen molar-refractivity contribution in [2.24, 2.45) is 0 Å². The fourth-order valence-electron chi connectivity index (χ4n) is 2.40. The Morgan fingerprint density at radius 3 is 2.74 bits per heavy atom. The molecule has 1 aromatic heterocycles. The van der Waals surface area contributed by atoms with Crippen LogP contribution in [0.4, 0.5) is 0 Å². The van der Waals surface area contributed by atoms with Crippen molar-refractivity contribution >= 4 is 27.4 Å². The van der Waals surface area contributed by atoms with Crippen LogP contribution in [0.5, 0.6) is 0 Å². The largest absolute Gasteiger partial charge is 0.457 e. The minimum absolute atomic E-state index is 0.0339. The number of nitrogens with zero attached hydrogens (tertiary/aromatic N) is 2. The van der Waals surface area contributed by atoms with E-state index in [1.54, 1.807) is 24.3 Å². The van der Waals surface area contributed by atoms with E-state index >= 15 is 0 Å². The van der Waals surface area contributed by atoms with Crippen molar-refractivity contribution in [3.63, 3.8) is 0 Å². The van der Waals surface area contributed by atoms with Gasteiger partial charge in [-0.15, -0.1) is 0 Å². The highest BCUT2D eigenvalue weighted by Crippen LogP contribution is 2.31. The van der Waals surface area contributed by atoms with E-state index in [2.05, 4.69) is 11.6 Å². The molecule has 23 heavy (non-hydrogen) atoms. The SMILES string of the molecule is C=CCOC(=O)c1c(-c2ccc(Cl)cc2)nc2n1CCS2(=O)=O. The Balaban J connectivity index is 2.17. The quantitative estimate of drug-likeness (QED) is 0.623. The lowest BCUT2D eigenvalue weighted by Crippen LogP contribution is -2.13. The van der Waals surface area contributed by atoms with Crippen molar-refractivity contribution in [1.29, 1.82) is 0 Å². The summed E-state index contributed by atoms with van der Waals surface area (Å²) in [6, 6.07) is 6.65. The number of hydrogen-bond acceptors (Lipinski definition) is 5. The summed E-state index contributed by atoms with van der Waals surface area (Å²) in [5.41, 5.74) is 0.997. The van der Waals surface area contributed by atoms with E-state index in [1.807, 2.05) is 0 Å². The maximum atomic E-state index is 12.3. The molecule has 0 saturated heterocycles. The molecule has 2 aromatic rings. The number of halogens is 1. The van der Waals surface area contributed by atoms with E-state index < -0.39 is 15.8 Å². The van der Waals surface area contributed by atoms with Gasteiger partial charge < -0.3 is 9.30 Å². The Bertz CT molecular complexity index is 885. The van der Waals surface area contributed by atoms with Crippen molar-refractivity contribution in [3.05, 3.63) is 47.6 Å². The predicted molar refractivity (Wildman–Crippen MR) is 85.2 cm³/mol. The molecule has 1 aliphatic rings. The normalized spacial score (nSPS) is 15.2.